The van der Waals surface area contributed by atoms with E-state index in [1.165, 1.54) is 21.5 Å². The van der Waals surface area contributed by atoms with Crippen LogP contribution in [0.3, 0.4) is 0 Å². The van der Waals surface area contributed by atoms with Crippen LogP contribution in [0.2, 0.25) is 49.4 Å². The first-order valence-corrected chi connectivity index (χ1v) is 25.3. The van der Waals surface area contributed by atoms with Crippen LogP contribution in [-0.4, -0.2) is 37.4 Å². The fourth-order valence-electron chi connectivity index (χ4n) is 5.55. The number of allylic oxidation sites excluding steroid dienone is 2. The molecule has 0 aromatic heterocycles. The van der Waals surface area contributed by atoms with Crippen molar-refractivity contribution in [3.63, 3.8) is 0 Å². The Morgan fingerprint density at radius 2 is 1.51 bits per heavy atom. The van der Waals surface area contributed by atoms with Gasteiger partial charge < -0.3 is 8.85 Å². The van der Waals surface area contributed by atoms with Gasteiger partial charge in [0.2, 0.25) is 0 Å². The highest BCUT2D eigenvalue weighted by Gasteiger charge is 2.48. The van der Waals surface area contributed by atoms with Crippen molar-refractivity contribution < 1.29 is 8.85 Å². The van der Waals surface area contributed by atoms with Crippen molar-refractivity contribution in [3.8, 4) is 11.8 Å². The van der Waals surface area contributed by atoms with Gasteiger partial charge in [-0.2, -0.15) is 0 Å². The van der Waals surface area contributed by atoms with E-state index in [1.807, 2.05) is 0 Å². The van der Waals surface area contributed by atoms with Gasteiger partial charge in [0.25, 0.3) is 0 Å². The van der Waals surface area contributed by atoms with Crippen molar-refractivity contribution in [1.29, 1.82) is 0 Å². The number of hydrogen-bond donors (Lipinski definition) is 0. The molecule has 1 aliphatic rings. The van der Waals surface area contributed by atoms with Crippen LogP contribution >= 0.6 is 0 Å². The summed E-state index contributed by atoms with van der Waals surface area (Å²) in [6, 6.07) is 11.1. The van der Waals surface area contributed by atoms with E-state index in [0.717, 1.165) is 25.7 Å². The highest BCUT2D eigenvalue weighted by molar-refractivity contribution is 6.96. The molecule has 1 aromatic rings. The molecule has 0 saturated carbocycles. The molecule has 0 N–H and O–H groups in total. The van der Waals surface area contributed by atoms with E-state index in [0.29, 0.717) is 12.5 Å². The fraction of sp³-hybridized carbons (Fsp3) is 0.658. The molecule has 0 heterocycles. The largest absolute Gasteiger partial charge is 0.413 e. The topological polar surface area (TPSA) is 18.5 Å². The van der Waals surface area contributed by atoms with Crippen LogP contribution in [0.1, 0.15) is 88.0 Å². The third-order valence-corrected chi connectivity index (χ3v) is 23.1. The zero-order valence-corrected chi connectivity index (χ0v) is 33.6. The molecule has 0 spiro atoms. The van der Waals surface area contributed by atoms with Gasteiger partial charge in [0.15, 0.2) is 16.6 Å². The lowest BCUT2D eigenvalue weighted by Gasteiger charge is -2.48. The SMILES string of the molecule is C=C=C(C1=C(CO[Si](C)(C)C(C)(C)C)[C@@H](O[Si](C)(C)C(C)(C)C)CC[C@@]1(C)CCC#CC(C)C)[Si](C)(C)c1ccccc1. The van der Waals surface area contributed by atoms with Crippen molar-refractivity contribution in [2.24, 2.45) is 11.3 Å². The van der Waals surface area contributed by atoms with E-state index in [9.17, 15) is 0 Å². The van der Waals surface area contributed by atoms with Crippen molar-refractivity contribution in [2.45, 2.75) is 143 Å². The Bertz CT molecular complexity index is 1240. The Kier molecular flexibility index (Phi) is 12.3. The summed E-state index contributed by atoms with van der Waals surface area (Å²) in [6.45, 7) is 40.3. The highest BCUT2D eigenvalue weighted by atomic mass is 28.4. The second-order valence-electron chi connectivity index (χ2n) is 16.9. The Morgan fingerprint density at radius 1 is 0.953 bits per heavy atom. The van der Waals surface area contributed by atoms with E-state index < -0.39 is 24.7 Å². The molecule has 0 amide bonds. The summed E-state index contributed by atoms with van der Waals surface area (Å²) in [5.41, 5.74) is 6.31. The van der Waals surface area contributed by atoms with Crippen molar-refractivity contribution in [3.05, 3.63) is 59.0 Å². The first-order valence-electron chi connectivity index (χ1n) is 16.5. The predicted octanol–water partition coefficient (Wildman–Crippen LogP) is 10.8. The van der Waals surface area contributed by atoms with Gasteiger partial charge in [-0.3, -0.25) is 0 Å². The zero-order valence-electron chi connectivity index (χ0n) is 30.6. The van der Waals surface area contributed by atoms with Crippen molar-refractivity contribution in [2.75, 3.05) is 6.61 Å². The summed E-state index contributed by atoms with van der Waals surface area (Å²) in [6.07, 6.45) is 4.03. The minimum atomic E-state index is -2.17. The molecule has 0 aliphatic heterocycles. The smallest absolute Gasteiger partial charge is 0.192 e. The van der Waals surface area contributed by atoms with Crippen molar-refractivity contribution >= 4 is 29.9 Å². The highest BCUT2D eigenvalue weighted by Crippen LogP contribution is 2.51. The molecule has 0 saturated heterocycles. The van der Waals surface area contributed by atoms with Gasteiger partial charge in [0.1, 0.15) is 8.07 Å². The summed E-state index contributed by atoms with van der Waals surface area (Å²) in [7, 11) is -6.25. The summed E-state index contributed by atoms with van der Waals surface area (Å²) in [5, 5.41) is 2.98. The molecule has 0 radical (unpaired) electrons. The predicted molar refractivity (Wildman–Crippen MR) is 198 cm³/mol. The molecule has 2 atom stereocenters. The van der Waals surface area contributed by atoms with Gasteiger partial charge >= 0.3 is 0 Å². The van der Waals surface area contributed by atoms with Crippen LogP contribution in [0.15, 0.2) is 59.0 Å². The minimum absolute atomic E-state index is 0.0411. The van der Waals surface area contributed by atoms with Gasteiger partial charge in [0.05, 0.1) is 12.7 Å². The fourth-order valence-corrected chi connectivity index (χ4v) is 10.7. The van der Waals surface area contributed by atoms with Crippen LogP contribution in [0.5, 0.6) is 0 Å². The molecule has 2 rings (SSSR count). The quantitative estimate of drug-likeness (QED) is 0.144. The molecule has 0 bridgehead atoms. The standard InChI is InChI=1S/C38H64O2Si3/c1-17-34(41(11,12)31-24-19-18-20-25-31)35-32(29-39-42(13,14)36(4,5)6)33(40-43(15,16)37(7,8)9)26-28-38(35,10)27-22-21-23-30(2)3/h18-20,24-25,30,33H,1,22,26-29H2,2-16H3/t33-,38+/m0/s1. The van der Waals surface area contributed by atoms with Gasteiger partial charge in [-0.1, -0.05) is 118 Å². The van der Waals surface area contributed by atoms with E-state index in [1.54, 1.807) is 0 Å². The molecular formula is C38H64O2Si3. The normalized spacial score (nSPS) is 20.5. The zero-order chi connectivity index (χ0) is 33.1. The first kappa shape index (κ1) is 37.8. The number of benzene rings is 1. The van der Waals surface area contributed by atoms with Gasteiger partial charge in [0, 0.05) is 12.3 Å². The van der Waals surface area contributed by atoms with Gasteiger partial charge in [-0.05, 0) is 77.3 Å². The minimum Gasteiger partial charge on any atom is -0.413 e. The molecule has 240 valence electrons. The first-order chi connectivity index (χ1) is 19.5. The molecule has 1 aliphatic carbocycles. The summed E-state index contributed by atoms with van der Waals surface area (Å²) >= 11 is 0. The van der Waals surface area contributed by atoms with Crippen LogP contribution in [0.25, 0.3) is 0 Å². The van der Waals surface area contributed by atoms with Gasteiger partial charge in [-0.25, -0.2) is 0 Å². The Morgan fingerprint density at radius 3 is 2.00 bits per heavy atom. The maximum Gasteiger partial charge on any atom is 0.192 e. The monoisotopic (exact) mass is 636 g/mol. The average molecular weight is 637 g/mol. The van der Waals surface area contributed by atoms with Crippen molar-refractivity contribution in [1.82, 2.24) is 0 Å². The van der Waals surface area contributed by atoms with E-state index in [4.69, 9.17) is 8.85 Å². The second-order valence-corrected chi connectivity index (χ2v) is 30.8. The average Bonchev–Trinajstić information content (AvgIpc) is 2.87. The van der Waals surface area contributed by atoms with Crippen LogP contribution < -0.4 is 5.19 Å². The number of hydrogen-bond acceptors (Lipinski definition) is 2. The molecule has 0 fully saturated rings. The Balaban J connectivity index is 2.89. The maximum atomic E-state index is 7.34. The van der Waals surface area contributed by atoms with E-state index >= 15 is 0 Å². The summed E-state index contributed by atoms with van der Waals surface area (Å²) < 4.78 is 14.4. The third kappa shape index (κ3) is 9.09. The van der Waals surface area contributed by atoms with Gasteiger partial charge in [-0.15, -0.1) is 17.6 Å². The van der Waals surface area contributed by atoms with Crippen LogP contribution in [0, 0.1) is 23.2 Å². The molecular weight excluding hydrogens is 573 g/mol. The second kappa shape index (κ2) is 13.9. The van der Waals surface area contributed by atoms with E-state index in [-0.39, 0.29) is 21.6 Å². The summed E-state index contributed by atoms with van der Waals surface area (Å²) in [4.78, 5) is 0. The molecule has 0 unspecified atom stereocenters. The molecule has 2 nitrogen and oxygen atoms in total. The number of rotatable bonds is 10. The summed E-state index contributed by atoms with van der Waals surface area (Å²) in [5.74, 6) is 7.31. The molecule has 1 aromatic carbocycles. The van der Waals surface area contributed by atoms with Crippen LogP contribution in [0.4, 0.5) is 0 Å². The molecule has 43 heavy (non-hydrogen) atoms. The Labute approximate surface area is 270 Å². The van der Waals surface area contributed by atoms with E-state index in [2.05, 4.69) is 156 Å². The lowest BCUT2D eigenvalue weighted by Crippen LogP contribution is -2.50. The Hall–Kier alpha value is -1.39. The van der Waals surface area contributed by atoms with Crippen LogP contribution in [-0.2, 0) is 8.85 Å². The lowest BCUT2D eigenvalue weighted by molar-refractivity contribution is 0.142. The third-order valence-electron chi connectivity index (χ3n) is 10.6. The maximum absolute atomic E-state index is 7.34. The lowest BCUT2D eigenvalue weighted by atomic mass is 9.67. The molecule has 5 heteroatoms.